The number of sulfonamides is 1. The lowest BCUT2D eigenvalue weighted by atomic mass is 10.3. The van der Waals surface area contributed by atoms with Gasteiger partial charge in [0.15, 0.2) is 0 Å². The molecule has 1 aromatic rings. The summed E-state index contributed by atoms with van der Waals surface area (Å²) in [4.78, 5) is -0.550. The van der Waals surface area contributed by atoms with Crippen LogP contribution in [-0.2, 0) is 14.8 Å². The first kappa shape index (κ1) is 14.6. The molecule has 0 radical (unpaired) electrons. The zero-order valence-electron chi connectivity index (χ0n) is 9.85. The fourth-order valence-electron chi connectivity index (χ4n) is 1.89. The Labute approximate surface area is 115 Å². The molecule has 19 heavy (non-hydrogen) atoms. The number of ether oxygens (including phenoxy) is 1. The zero-order valence-corrected chi connectivity index (χ0v) is 11.4. The Bertz CT molecular complexity index is 567. The lowest BCUT2D eigenvalue weighted by Crippen LogP contribution is -2.49. The van der Waals surface area contributed by atoms with Gasteiger partial charge in [0.25, 0.3) is 0 Å². The molecule has 0 amide bonds. The van der Waals surface area contributed by atoms with Crippen molar-refractivity contribution in [1.29, 1.82) is 0 Å². The van der Waals surface area contributed by atoms with Gasteiger partial charge in [0.2, 0.25) is 10.0 Å². The van der Waals surface area contributed by atoms with Gasteiger partial charge >= 0.3 is 0 Å². The summed E-state index contributed by atoms with van der Waals surface area (Å²) in [6, 6.07) is 1.82. The first-order chi connectivity index (χ1) is 8.96. The van der Waals surface area contributed by atoms with Gasteiger partial charge in [-0.15, -0.1) is 11.6 Å². The normalized spacial score (nSPS) is 21.5. The van der Waals surface area contributed by atoms with Crippen LogP contribution in [0.25, 0.3) is 0 Å². The van der Waals surface area contributed by atoms with Crippen molar-refractivity contribution in [3.63, 3.8) is 0 Å². The van der Waals surface area contributed by atoms with Crippen molar-refractivity contribution in [3.05, 3.63) is 29.8 Å². The van der Waals surface area contributed by atoms with E-state index in [1.54, 1.807) is 0 Å². The molecule has 0 bridgehead atoms. The number of alkyl halides is 1. The summed E-state index contributed by atoms with van der Waals surface area (Å²) >= 11 is 5.69. The van der Waals surface area contributed by atoms with Gasteiger partial charge in [-0.05, 0) is 12.1 Å². The highest BCUT2D eigenvalue weighted by Gasteiger charge is 2.35. The van der Waals surface area contributed by atoms with Gasteiger partial charge in [-0.2, -0.15) is 4.31 Å². The number of hydrogen-bond donors (Lipinski definition) is 0. The van der Waals surface area contributed by atoms with E-state index in [9.17, 15) is 17.2 Å². The van der Waals surface area contributed by atoms with E-state index >= 15 is 0 Å². The molecule has 1 aromatic carbocycles. The Morgan fingerprint density at radius 2 is 2.16 bits per heavy atom. The maximum Gasteiger partial charge on any atom is 0.246 e. The maximum atomic E-state index is 13.6. The van der Waals surface area contributed by atoms with Gasteiger partial charge in [0.05, 0.1) is 19.3 Å². The van der Waals surface area contributed by atoms with Crippen molar-refractivity contribution in [2.24, 2.45) is 0 Å². The summed E-state index contributed by atoms with van der Waals surface area (Å²) in [5, 5.41) is 0. The third kappa shape index (κ3) is 2.89. The molecule has 2 rings (SSSR count). The molecule has 0 spiro atoms. The van der Waals surface area contributed by atoms with Crippen LogP contribution < -0.4 is 0 Å². The molecule has 0 aromatic heterocycles. The smallest absolute Gasteiger partial charge is 0.246 e. The Morgan fingerprint density at radius 1 is 1.42 bits per heavy atom. The highest BCUT2D eigenvalue weighted by molar-refractivity contribution is 7.89. The van der Waals surface area contributed by atoms with Crippen LogP contribution in [0.15, 0.2) is 23.1 Å². The van der Waals surface area contributed by atoms with Crippen LogP contribution in [0.4, 0.5) is 8.78 Å². The second-order valence-electron chi connectivity index (χ2n) is 4.07. The maximum absolute atomic E-state index is 13.6. The molecule has 1 aliphatic heterocycles. The molecular weight excluding hydrogens is 300 g/mol. The number of rotatable bonds is 3. The Morgan fingerprint density at radius 3 is 2.79 bits per heavy atom. The molecule has 4 nitrogen and oxygen atoms in total. The van der Waals surface area contributed by atoms with Gasteiger partial charge < -0.3 is 4.74 Å². The SMILES string of the molecule is O=S(=O)(c1ccc(F)cc1F)N1CCOCC1CCl. The molecule has 0 aliphatic carbocycles. The first-order valence-corrected chi connectivity index (χ1v) is 7.55. The van der Waals surface area contributed by atoms with Crippen LogP contribution in [0.3, 0.4) is 0 Å². The fraction of sp³-hybridized carbons (Fsp3) is 0.455. The third-order valence-electron chi connectivity index (χ3n) is 2.83. The molecular formula is C11H12ClF2NO3S. The van der Waals surface area contributed by atoms with Crippen molar-refractivity contribution in [3.8, 4) is 0 Å². The average Bonchev–Trinajstić information content (AvgIpc) is 2.38. The number of morpholine rings is 1. The quantitative estimate of drug-likeness (QED) is 0.797. The van der Waals surface area contributed by atoms with E-state index in [2.05, 4.69) is 0 Å². The van der Waals surface area contributed by atoms with Crippen molar-refractivity contribution < 1.29 is 21.9 Å². The molecule has 1 heterocycles. The first-order valence-electron chi connectivity index (χ1n) is 5.57. The minimum Gasteiger partial charge on any atom is -0.378 e. The van der Waals surface area contributed by atoms with E-state index in [-0.39, 0.29) is 25.6 Å². The van der Waals surface area contributed by atoms with Crippen LogP contribution in [0.1, 0.15) is 0 Å². The number of nitrogens with zero attached hydrogens (tertiary/aromatic N) is 1. The topological polar surface area (TPSA) is 46.6 Å². The van der Waals surface area contributed by atoms with Gasteiger partial charge in [0, 0.05) is 18.5 Å². The molecule has 106 valence electrons. The standard InChI is InChI=1S/C11H12ClF2NO3S/c12-6-9-7-18-4-3-15(9)19(16,17)11-2-1-8(13)5-10(11)14/h1-2,5,9H,3-4,6-7H2. The Balaban J connectivity index is 2.40. The van der Waals surface area contributed by atoms with Crippen molar-refractivity contribution in [2.75, 3.05) is 25.6 Å². The fourth-order valence-corrected chi connectivity index (χ4v) is 3.87. The van der Waals surface area contributed by atoms with Crippen molar-refractivity contribution >= 4 is 21.6 Å². The highest BCUT2D eigenvalue weighted by Crippen LogP contribution is 2.24. The summed E-state index contributed by atoms with van der Waals surface area (Å²) in [7, 11) is -4.04. The van der Waals surface area contributed by atoms with Crippen LogP contribution in [-0.4, -0.2) is 44.4 Å². The highest BCUT2D eigenvalue weighted by atomic mass is 35.5. The van der Waals surface area contributed by atoms with E-state index < -0.39 is 32.6 Å². The van der Waals surface area contributed by atoms with E-state index in [1.807, 2.05) is 0 Å². The van der Waals surface area contributed by atoms with E-state index in [0.717, 1.165) is 16.4 Å². The summed E-state index contributed by atoms with van der Waals surface area (Å²) in [6.07, 6.45) is 0. The molecule has 1 fully saturated rings. The Kier molecular flexibility index (Phi) is 4.39. The lowest BCUT2D eigenvalue weighted by molar-refractivity contribution is 0.0403. The van der Waals surface area contributed by atoms with E-state index in [1.165, 1.54) is 0 Å². The van der Waals surface area contributed by atoms with E-state index in [4.69, 9.17) is 16.3 Å². The summed E-state index contributed by atoms with van der Waals surface area (Å²) in [6.45, 7) is 0.470. The lowest BCUT2D eigenvalue weighted by Gasteiger charge is -2.33. The zero-order chi connectivity index (χ0) is 14.0. The largest absolute Gasteiger partial charge is 0.378 e. The van der Waals surface area contributed by atoms with Crippen LogP contribution in [0.5, 0.6) is 0 Å². The van der Waals surface area contributed by atoms with Crippen molar-refractivity contribution in [1.82, 2.24) is 4.31 Å². The van der Waals surface area contributed by atoms with Gasteiger partial charge in [0.1, 0.15) is 16.5 Å². The molecule has 0 N–H and O–H groups in total. The second kappa shape index (κ2) is 5.70. The molecule has 1 saturated heterocycles. The summed E-state index contributed by atoms with van der Waals surface area (Å²) in [5.74, 6) is -1.89. The third-order valence-corrected chi connectivity index (χ3v) is 5.17. The molecule has 1 aliphatic rings. The van der Waals surface area contributed by atoms with Gasteiger partial charge in [-0.25, -0.2) is 17.2 Å². The van der Waals surface area contributed by atoms with Crippen LogP contribution >= 0.6 is 11.6 Å². The van der Waals surface area contributed by atoms with Crippen LogP contribution in [0.2, 0.25) is 0 Å². The molecule has 0 saturated carbocycles. The molecule has 8 heteroatoms. The summed E-state index contributed by atoms with van der Waals surface area (Å²) < 4.78 is 57.4. The predicted octanol–water partition coefficient (Wildman–Crippen LogP) is 1.59. The number of halogens is 3. The van der Waals surface area contributed by atoms with Crippen LogP contribution in [0, 0.1) is 11.6 Å². The second-order valence-corrected chi connectivity index (χ2v) is 6.24. The van der Waals surface area contributed by atoms with Gasteiger partial charge in [-0.1, -0.05) is 0 Å². The average molecular weight is 312 g/mol. The van der Waals surface area contributed by atoms with E-state index in [0.29, 0.717) is 6.07 Å². The molecule has 1 unspecified atom stereocenters. The minimum absolute atomic E-state index is 0.0437. The van der Waals surface area contributed by atoms with Crippen molar-refractivity contribution in [2.45, 2.75) is 10.9 Å². The predicted molar refractivity (Wildman–Crippen MR) is 65.6 cm³/mol. The monoisotopic (exact) mass is 311 g/mol. The Hall–Kier alpha value is -0.760. The minimum atomic E-state index is -4.04. The van der Waals surface area contributed by atoms with Gasteiger partial charge in [-0.3, -0.25) is 0 Å². The number of hydrogen-bond acceptors (Lipinski definition) is 3. The summed E-state index contributed by atoms with van der Waals surface area (Å²) in [5.41, 5.74) is 0. The number of benzene rings is 1. The molecule has 1 atom stereocenters.